The highest BCUT2D eigenvalue weighted by Gasteiger charge is 2.45. The summed E-state index contributed by atoms with van der Waals surface area (Å²) in [6.45, 7) is 4.96. The lowest BCUT2D eigenvalue weighted by molar-refractivity contribution is -0.0779. The molecule has 3 atom stereocenters. The molecule has 22 heavy (non-hydrogen) atoms. The van der Waals surface area contributed by atoms with Crippen molar-refractivity contribution in [1.82, 2.24) is 14.7 Å². The number of rotatable bonds is 7. The summed E-state index contributed by atoms with van der Waals surface area (Å²) in [4.78, 5) is 2.65. The van der Waals surface area contributed by atoms with E-state index in [9.17, 15) is 0 Å². The first-order chi connectivity index (χ1) is 10.9. The molecule has 1 aliphatic carbocycles. The van der Waals surface area contributed by atoms with Gasteiger partial charge in [0.1, 0.15) is 6.10 Å². The topological polar surface area (TPSA) is 39.5 Å². The highest BCUT2D eigenvalue weighted by molar-refractivity contribution is 4.98. The quantitative estimate of drug-likeness (QED) is 0.722. The lowest BCUT2D eigenvalue weighted by Gasteiger charge is -2.32. The smallest absolute Gasteiger partial charge is 0.100 e. The van der Waals surface area contributed by atoms with Gasteiger partial charge in [0.15, 0.2) is 0 Å². The van der Waals surface area contributed by atoms with E-state index in [2.05, 4.69) is 10.00 Å². The molecule has 3 fully saturated rings. The molecule has 2 aliphatic heterocycles. The van der Waals surface area contributed by atoms with E-state index in [1.165, 1.54) is 32.2 Å². The van der Waals surface area contributed by atoms with Crippen molar-refractivity contribution in [3.8, 4) is 0 Å². The van der Waals surface area contributed by atoms with E-state index >= 15 is 0 Å². The van der Waals surface area contributed by atoms with Gasteiger partial charge in [-0.25, -0.2) is 0 Å². The van der Waals surface area contributed by atoms with Crippen LogP contribution >= 0.6 is 0 Å². The molecule has 4 rings (SSSR count). The van der Waals surface area contributed by atoms with Crippen molar-refractivity contribution in [2.24, 2.45) is 5.92 Å². The minimum absolute atomic E-state index is 0.265. The predicted octanol–water partition coefficient (Wildman–Crippen LogP) is 1.93. The molecule has 3 heterocycles. The molecule has 1 saturated carbocycles. The Kier molecular flexibility index (Phi) is 4.46. The maximum absolute atomic E-state index is 6.20. The molecule has 0 radical (unpaired) electrons. The molecule has 0 amide bonds. The van der Waals surface area contributed by atoms with E-state index in [-0.39, 0.29) is 6.10 Å². The normalized spacial score (nSPS) is 32.3. The van der Waals surface area contributed by atoms with E-state index in [1.807, 2.05) is 23.1 Å². The number of nitrogens with zero attached hydrogens (tertiary/aromatic N) is 3. The van der Waals surface area contributed by atoms with Crippen LogP contribution in [0.2, 0.25) is 0 Å². The maximum Gasteiger partial charge on any atom is 0.100 e. The Bertz CT molecular complexity index is 460. The van der Waals surface area contributed by atoms with Crippen LogP contribution in [0.4, 0.5) is 0 Å². The van der Waals surface area contributed by atoms with Gasteiger partial charge in [-0.3, -0.25) is 9.58 Å². The molecule has 122 valence electrons. The van der Waals surface area contributed by atoms with Crippen molar-refractivity contribution in [3.05, 3.63) is 18.5 Å². The van der Waals surface area contributed by atoms with Crippen molar-refractivity contribution in [1.29, 1.82) is 0 Å². The van der Waals surface area contributed by atoms with E-state index < -0.39 is 0 Å². The number of aryl methyl sites for hydroxylation is 1. The van der Waals surface area contributed by atoms with Gasteiger partial charge in [-0.1, -0.05) is 0 Å². The monoisotopic (exact) mass is 305 g/mol. The molecule has 0 spiro atoms. The highest BCUT2D eigenvalue weighted by atomic mass is 16.5. The van der Waals surface area contributed by atoms with Gasteiger partial charge in [-0.15, -0.1) is 0 Å². The van der Waals surface area contributed by atoms with Crippen molar-refractivity contribution >= 4 is 0 Å². The summed E-state index contributed by atoms with van der Waals surface area (Å²) in [7, 11) is 0. The number of likely N-dealkylation sites (tertiary alicyclic amines) is 1. The van der Waals surface area contributed by atoms with Crippen LogP contribution in [0.1, 0.15) is 32.1 Å². The zero-order chi connectivity index (χ0) is 14.8. The van der Waals surface area contributed by atoms with Crippen LogP contribution in [0.15, 0.2) is 18.5 Å². The van der Waals surface area contributed by atoms with Crippen molar-refractivity contribution in [2.75, 3.05) is 26.3 Å². The highest BCUT2D eigenvalue weighted by Crippen LogP contribution is 2.36. The molecule has 1 aromatic heterocycles. The summed E-state index contributed by atoms with van der Waals surface area (Å²) in [5, 5.41) is 4.23. The number of ether oxygens (including phenoxy) is 2. The van der Waals surface area contributed by atoms with Crippen LogP contribution in [0.3, 0.4) is 0 Å². The van der Waals surface area contributed by atoms with E-state index in [4.69, 9.17) is 9.47 Å². The number of hydrogen-bond donors (Lipinski definition) is 0. The molecule has 0 bridgehead atoms. The fraction of sp³-hybridized carbons (Fsp3) is 0.824. The van der Waals surface area contributed by atoms with Gasteiger partial charge in [0.2, 0.25) is 0 Å². The van der Waals surface area contributed by atoms with Gasteiger partial charge in [0.25, 0.3) is 0 Å². The zero-order valence-corrected chi connectivity index (χ0v) is 13.3. The molecule has 1 aromatic rings. The Morgan fingerprint density at radius 2 is 2.23 bits per heavy atom. The molecule has 0 N–H and O–H groups in total. The first-order valence-electron chi connectivity index (χ1n) is 8.85. The van der Waals surface area contributed by atoms with Gasteiger partial charge in [-0.05, 0) is 44.1 Å². The molecule has 5 nitrogen and oxygen atoms in total. The first-order valence-corrected chi connectivity index (χ1v) is 8.85. The molecule has 0 aromatic carbocycles. The Morgan fingerprint density at radius 1 is 1.27 bits per heavy atom. The summed E-state index contributed by atoms with van der Waals surface area (Å²) in [6, 6.07) is 2.57. The van der Waals surface area contributed by atoms with E-state index in [0.717, 1.165) is 38.6 Å². The minimum atomic E-state index is 0.265. The fourth-order valence-corrected chi connectivity index (χ4v) is 3.89. The Labute approximate surface area is 132 Å². The first kappa shape index (κ1) is 14.7. The molecule has 2 saturated heterocycles. The van der Waals surface area contributed by atoms with Crippen molar-refractivity contribution in [3.63, 3.8) is 0 Å². The summed E-state index contributed by atoms with van der Waals surface area (Å²) in [6.07, 6.45) is 10.7. The standard InChI is InChI=1S/C17H27N3O2/c1-4-15-17(22-10-1)16(13-19(15)12-14-5-6-14)21-11-3-9-20-8-2-7-18-20/h2,7-8,14-17H,1,3-6,9-13H2/t15-,16+,17+/m0/s1. The SMILES string of the molecule is c1cnn(CCCO[C@@H]2CN(CC3CC3)[C@H]3CCCO[C@@H]23)c1. The van der Waals surface area contributed by atoms with Crippen LogP contribution in [0.25, 0.3) is 0 Å². The van der Waals surface area contributed by atoms with Gasteiger partial charge in [-0.2, -0.15) is 5.10 Å². The van der Waals surface area contributed by atoms with Crippen LogP contribution in [-0.4, -0.2) is 59.2 Å². The second-order valence-corrected chi connectivity index (χ2v) is 6.97. The molecule has 3 aliphatic rings. The third-order valence-corrected chi connectivity index (χ3v) is 5.20. The van der Waals surface area contributed by atoms with Gasteiger partial charge < -0.3 is 9.47 Å². The average molecular weight is 305 g/mol. The van der Waals surface area contributed by atoms with Crippen LogP contribution in [-0.2, 0) is 16.0 Å². The predicted molar refractivity (Wildman–Crippen MR) is 83.6 cm³/mol. The van der Waals surface area contributed by atoms with Crippen molar-refractivity contribution < 1.29 is 9.47 Å². The third-order valence-electron chi connectivity index (χ3n) is 5.20. The van der Waals surface area contributed by atoms with Gasteiger partial charge in [0.05, 0.1) is 6.10 Å². The van der Waals surface area contributed by atoms with Crippen molar-refractivity contribution in [2.45, 2.75) is 56.9 Å². The van der Waals surface area contributed by atoms with Crippen LogP contribution < -0.4 is 0 Å². The molecule has 0 unspecified atom stereocenters. The largest absolute Gasteiger partial charge is 0.374 e. The second-order valence-electron chi connectivity index (χ2n) is 6.97. The maximum atomic E-state index is 6.20. The molecular formula is C17H27N3O2. The number of aromatic nitrogens is 2. The van der Waals surface area contributed by atoms with Gasteiger partial charge >= 0.3 is 0 Å². The van der Waals surface area contributed by atoms with E-state index in [0.29, 0.717) is 12.1 Å². The summed E-state index contributed by atoms with van der Waals surface area (Å²) in [5.41, 5.74) is 0. The lowest BCUT2D eigenvalue weighted by atomic mass is 10.0. The minimum Gasteiger partial charge on any atom is -0.374 e. The van der Waals surface area contributed by atoms with Crippen LogP contribution in [0, 0.1) is 5.92 Å². The summed E-state index contributed by atoms with van der Waals surface area (Å²) < 4.78 is 14.2. The molecule has 5 heteroatoms. The fourth-order valence-electron chi connectivity index (χ4n) is 3.89. The average Bonchev–Trinajstić information content (AvgIpc) is 3.08. The Hall–Kier alpha value is -0.910. The number of fused-ring (bicyclic) bond motifs is 1. The third kappa shape index (κ3) is 3.36. The summed E-state index contributed by atoms with van der Waals surface area (Å²) in [5.74, 6) is 0.946. The Morgan fingerprint density at radius 3 is 3.05 bits per heavy atom. The lowest BCUT2D eigenvalue weighted by Crippen LogP contribution is -2.42. The second kappa shape index (κ2) is 6.69. The zero-order valence-electron chi connectivity index (χ0n) is 13.3. The molecular weight excluding hydrogens is 278 g/mol. The van der Waals surface area contributed by atoms with Crippen LogP contribution in [0.5, 0.6) is 0 Å². The summed E-state index contributed by atoms with van der Waals surface area (Å²) >= 11 is 0. The van der Waals surface area contributed by atoms with E-state index in [1.54, 1.807) is 0 Å². The number of hydrogen-bond acceptors (Lipinski definition) is 4. The van der Waals surface area contributed by atoms with Gasteiger partial charge in [0, 0.05) is 51.3 Å². The Balaban J connectivity index is 1.26.